The Morgan fingerprint density at radius 1 is 0.804 bits per heavy atom. The summed E-state index contributed by atoms with van der Waals surface area (Å²) in [5, 5.41) is 0. The number of pyridine rings is 1. The van der Waals surface area contributed by atoms with Crippen LogP contribution in [0.5, 0.6) is 0 Å². The molecule has 0 unspecified atom stereocenters. The summed E-state index contributed by atoms with van der Waals surface area (Å²) in [6, 6.07) is 28.0. The van der Waals surface area contributed by atoms with Gasteiger partial charge >= 0.3 is 268 Å². The molecule has 4 aromatic rings. The van der Waals surface area contributed by atoms with Crippen molar-refractivity contribution in [1.29, 1.82) is 0 Å². The molecule has 2 amide bonds. The zero-order chi connectivity index (χ0) is 36.5. The molecule has 4 rings (SSSR count). The molecular weight excluding hydrogens is 762 g/mol. The molecule has 0 saturated carbocycles. The predicted molar refractivity (Wildman–Crippen MR) is 194 cm³/mol. The summed E-state index contributed by atoms with van der Waals surface area (Å²) in [6.45, 7) is 5.60. The molecule has 5 nitrogen and oxygen atoms in total. The van der Waals surface area contributed by atoms with E-state index in [2.05, 4.69) is 36.2 Å². The van der Waals surface area contributed by atoms with Gasteiger partial charge < -0.3 is 0 Å². The summed E-state index contributed by atoms with van der Waals surface area (Å²) in [5.74, 6) is -0.525. The third-order valence-corrected chi connectivity index (χ3v) is 11.2. The number of carbonyl (C=O) groups is 2. The Balaban J connectivity index is 1.63. The second kappa shape index (κ2) is 20.8. The second-order valence-corrected chi connectivity index (χ2v) is 15.5. The monoisotopic (exact) mass is 810 g/mol. The van der Waals surface area contributed by atoms with Crippen LogP contribution < -0.4 is 21.2 Å². The van der Waals surface area contributed by atoms with Crippen LogP contribution in [0.4, 0.5) is 13.2 Å². The van der Waals surface area contributed by atoms with Crippen LogP contribution in [-0.4, -0.2) is 50.2 Å². The van der Waals surface area contributed by atoms with Gasteiger partial charge in [-0.15, -0.1) is 0 Å². The Kier molecular flexibility index (Phi) is 16.2. The van der Waals surface area contributed by atoms with Crippen LogP contribution in [0.15, 0.2) is 109 Å². The van der Waals surface area contributed by atoms with Gasteiger partial charge in [0.2, 0.25) is 0 Å². The number of aryl methyl sites for hydroxylation is 1. The van der Waals surface area contributed by atoms with Crippen LogP contribution in [0.2, 0.25) is 0 Å². The normalized spacial score (nSPS) is 12.3. The van der Waals surface area contributed by atoms with Crippen molar-refractivity contribution in [1.82, 2.24) is 14.8 Å². The fourth-order valence-electron chi connectivity index (χ4n) is 5.74. The van der Waals surface area contributed by atoms with Crippen LogP contribution >= 0.6 is 0 Å². The third kappa shape index (κ3) is 13.3. The molecular formula is C42H48F3IN3O2-. The molecule has 0 fully saturated rings. The number of hydrogen-bond donors (Lipinski definition) is 0. The molecule has 0 aliphatic heterocycles. The van der Waals surface area contributed by atoms with Crippen LogP contribution in [0, 0.1) is 0 Å². The molecule has 0 saturated heterocycles. The number of halogens is 4. The summed E-state index contributed by atoms with van der Waals surface area (Å²) in [5.41, 5.74) is 3.81. The van der Waals surface area contributed by atoms with Gasteiger partial charge in [-0.1, -0.05) is 19.8 Å². The minimum atomic E-state index is -4.45. The number of benzene rings is 3. The Hall–Kier alpha value is -3.99. The minimum absolute atomic E-state index is 0.126. The molecule has 0 aliphatic carbocycles. The van der Waals surface area contributed by atoms with E-state index in [0.717, 1.165) is 58.7 Å². The van der Waals surface area contributed by atoms with Gasteiger partial charge in [0, 0.05) is 0 Å². The molecule has 3 aromatic carbocycles. The van der Waals surface area contributed by atoms with Gasteiger partial charge in [0.1, 0.15) is 0 Å². The molecule has 1 aromatic heterocycles. The summed E-state index contributed by atoms with van der Waals surface area (Å²) >= 11 is -0.182. The van der Waals surface area contributed by atoms with Crippen LogP contribution in [0.3, 0.4) is 0 Å². The van der Waals surface area contributed by atoms with Gasteiger partial charge in [-0.2, -0.15) is 13.2 Å². The average molecular weight is 811 g/mol. The van der Waals surface area contributed by atoms with Crippen molar-refractivity contribution in [2.24, 2.45) is 0 Å². The first-order valence-corrected chi connectivity index (χ1v) is 20.7. The number of rotatable bonds is 19. The van der Waals surface area contributed by atoms with E-state index in [-0.39, 0.29) is 40.1 Å². The van der Waals surface area contributed by atoms with E-state index in [1.165, 1.54) is 35.4 Å². The van der Waals surface area contributed by atoms with Crippen molar-refractivity contribution in [3.8, 4) is 0 Å². The number of nitrogens with zero attached hydrogens (tertiary/aromatic N) is 3. The molecule has 9 heteroatoms. The van der Waals surface area contributed by atoms with Crippen molar-refractivity contribution >= 4 is 17.9 Å². The van der Waals surface area contributed by atoms with Gasteiger partial charge in [0.25, 0.3) is 0 Å². The Morgan fingerprint density at radius 2 is 1.51 bits per heavy atom. The van der Waals surface area contributed by atoms with E-state index in [4.69, 9.17) is 0 Å². The van der Waals surface area contributed by atoms with Gasteiger partial charge in [0.05, 0.1) is 5.56 Å². The SMILES string of the molecule is CCCCCc1ccc(CN(C(=O)/C=C/c2ccc(C(F)(F)F)cc2)[C@@H](Cc2ccccn2)C(=O)N(CCC)CC[I-]Cc2ccccc2)cc1. The van der Waals surface area contributed by atoms with E-state index in [1.807, 2.05) is 60.4 Å². The number of carbonyl (C=O) groups excluding carboxylic acids is 2. The standard InChI is InChI=1S/C42H48F3IN3O2/c1-3-5-7-12-33-16-18-36(19-17-33)32-49(40(50)25-22-34-20-23-37(24-21-34)42(43,44)45)39(30-38-15-10-11-27-47-38)41(51)48(28-4-2)29-26-46-31-35-13-8-6-9-14-35/h6,8-11,13-25,27,39H,3-5,7,12,26,28-32H2,1-2H3/q-1/b25-22+/t39-/m0/s1. The Morgan fingerprint density at radius 3 is 2.16 bits per heavy atom. The zero-order valence-electron chi connectivity index (χ0n) is 29.5. The predicted octanol–water partition coefficient (Wildman–Crippen LogP) is 6.01. The number of aromatic nitrogens is 1. The molecule has 0 aliphatic rings. The molecule has 272 valence electrons. The van der Waals surface area contributed by atoms with Crippen LogP contribution in [0.25, 0.3) is 6.08 Å². The van der Waals surface area contributed by atoms with Gasteiger partial charge in [0.15, 0.2) is 0 Å². The van der Waals surface area contributed by atoms with Crippen molar-refractivity contribution in [2.45, 2.75) is 75.6 Å². The number of amides is 2. The number of hydrogen-bond acceptors (Lipinski definition) is 3. The zero-order valence-corrected chi connectivity index (χ0v) is 31.7. The van der Waals surface area contributed by atoms with E-state index in [9.17, 15) is 22.8 Å². The van der Waals surface area contributed by atoms with E-state index in [1.54, 1.807) is 11.1 Å². The summed E-state index contributed by atoms with van der Waals surface area (Å²) in [7, 11) is 0. The maximum absolute atomic E-state index is 14.6. The number of alkyl halides is 5. The molecule has 0 spiro atoms. The fourth-order valence-corrected chi connectivity index (χ4v) is 8.18. The average Bonchev–Trinajstić information content (AvgIpc) is 3.14. The van der Waals surface area contributed by atoms with Crippen molar-refractivity contribution in [2.75, 3.05) is 17.5 Å². The van der Waals surface area contributed by atoms with Crippen molar-refractivity contribution in [3.63, 3.8) is 0 Å². The van der Waals surface area contributed by atoms with Gasteiger partial charge in [-0.3, -0.25) is 0 Å². The van der Waals surface area contributed by atoms with Crippen molar-refractivity contribution in [3.05, 3.63) is 143 Å². The van der Waals surface area contributed by atoms with E-state index < -0.39 is 23.7 Å². The molecule has 1 atom stereocenters. The first-order valence-electron chi connectivity index (χ1n) is 17.7. The van der Waals surface area contributed by atoms with Gasteiger partial charge in [-0.25, -0.2) is 0 Å². The summed E-state index contributed by atoms with van der Waals surface area (Å²) in [4.78, 5) is 36.8. The molecule has 1 heterocycles. The summed E-state index contributed by atoms with van der Waals surface area (Å²) < 4.78 is 41.5. The molecule has 0 bridgehead atoms. The summed E-state index contributed by atoms with van der Waals surface area (Å²) in [6.07, 6.45) is 5.50. The molecule has 0 radical (unpaired) electrons. The maximum atomic E-state index is 14.6. The first kappa shape index (κ1) is 39.8. The second-order valence-electron chi connectivity index (χ2n) is 12.6. The van der Waals surface area contributed by atoms with E-state index in [0.29, 0.717) is 24.3 Å². The molecule has 51 heavy (non-hydrogen) atoms. The van der Waals surface area contributed by atoms with Crippen LogP contribution in [0.1, 0.15) is 73.0 Å². The Labute approximate surface area is 311 Å². The van der Waals surface area contributed by atoms with Gasteiger partial charge in [-0.05, 0) is 6.42 Å². The quantitative estimate of drug-likeness (QED) is 0.0505. The van der Waals surface area contributed by atoms with Crippen molar-refractivity contribution < 1.29 is 44.0 Å². The fraction of sp³-hybridized carbons (Fsp3) is 0.357. The molecule has 0 N–H and O–H groups in total. The Bertz CT molecular complexity index is 1650. The van der Waals surface area contributed by atoms with E-state index >= 15 is 0 Å². The first-order chi connectivity index (χ1) is 24.7. The van der Waals surface area contributed by atoms with Crippen LogP contribution in [-0.2, 0) is 39.6 Å². The number of unbranched alkanes of at least 4 members (excludes halogenated alkanes) is 2. The third-order valence-electron chi connectivity index (χ3n) is 8.56. The topological polar surface area (TPSA) is 53.5 Å².